The Morgan fingerprint density at radius 2 is 0.619 bits per heavy atom. The largest absolute Gasteiger partial charge is 0.462 e. The monoisotopic (exact) mass is 879 g/mol. The lowest BCUT2D eigenvalue weighted by molar-refractivity contribution is -0.167. The normalized spacial score (nSPS) is 12.6. The third-order valence-corrected chi connectivity index (χ3v) is 11.3. The van der Waals surface area contributed by atoms with Crippen LogP contribution in [0.2, 0.25) is 0 Å². The number of rotatable bonds is 47. The van der Waals surface area contributed by atoms with Gasteiger partial charge in [-0.25, -0.2) is 0 Å². The maximum atomic E-state index is 12.8. The smallest absolute Gasteiger partial charge is 0.306 e. The summed E-state index contributed by atoms with van der Waals surface area (Å²) in [5, 5.41) is 0. The average molecular weight is 879 g/mol. The fourth-order valence-electron chi connectivity index (χ4n) is 7.29. The van der Waals surface area contributed by atoms with Crippen molar-refractivity contribution < 1.29 is 28.6 Å². The van der Waals surface area contributed by atoms with Gasteiger partial charge in [0.15, 0.2) is 6.10 Å². The molecule has 0 aliphatic heterocycles. The Labute approximate surface area is 389 Å². The molecule has 0 aromatic heterocycles. The lowest BCUT2D eigenvalue weighted by Gasteiger charge is -2.18. The first-order valence-corrected chi connectivity index (χ1v) is 26.5. The van der Waals surface area contributed by atoms with Crippen LogP contribution in [0, 0.1) is 0 Å². The maximum Gasteiger partial charge on any atom is 0.306 e. The highest BCUT2D eigenvalue weighted by Crippen LogP contribution is 2.15. The van der Waals surface area contributed by atoms with Crippen molar-refractivity contribution in [2.24, 2.45) is 0 Å². The Morgan fingerprint density at radius 1 is 0.317 bits per heavy atom. The highest BCUT2D eigenvalue weighted by atomic mass is 16.6. The van der Waals surface area contributed by atoms with E-state index in [2.05, 4.69) is 69.4 Å². The molecule has 0 aliphatic rings. The Morgan fingerprint density at radius 3 is 1.03 bits per heavy atom. The molecule has 6 heteroatoms. The molecule has 0 bridgehead atoms. The Bertz CT molecular complexity index is 1190. The van der Waals surface area contributed by atoms with Crippen LogP contribution in [0.25, 0.3) is 0 Å². The fourth-order valence-corrected chi connectivity index (χ4v) is 7.29. The number of ether oxygens (including phenoxy) is 3. The van der Waals surface area contributed by atoms with E-state index >= 15 is 0 Å². The van der Waals surface area contributed by atoms with Gasteiger partial charge in [0, 0.05) is 19.3 Å². The van der Waals surface area contributed by atoms with Gasteiger partial charge in [-0.1, -0.05) is 241 Å². The number of hydrogen-bond donors (Lipinski definition) is 0. The van der Waals surface area contributed by atoms with Gasteiger partial charge in [-0.05, 0) is 64.2 Å². The molecule has 0 fully saturated rings. The van der Waals surface area contributed by atoms with Gasteiger partial charge in [0.1, 0.15) is 13.2 Å². The molecule has 0 radical (unpaired) electrons. The number of hydrogen-bond acceptors (Lipinski definition) is 6. The van der Waals surface area contributed by atoms with E-state index in [9.17, 15) is 14.4 Å². The number of carbonyl (C=O) groups is 3. The summed E-state index contributed by atoms with van der Waals surface area (Å²) in [5.41, 5.74) is 0. The first-order valence-electron chi connectivity index (χ1n) is 26.5. The standard InChI is InChI=1S/C57H98O6/c1-4-7-10-13-16-19-22-25-27-28-29-31-32-35-38-41-44-47-50-56(59)62-53-54(52-61-55(58)49-46-43-40-37-34-24-21-18-15-12-9-6-3)63-57(60)51-48-45-42-39-36-33-30-26-23-20-17-14-11-8-5-2/h10,13,16,18-19,21-22,25,27-29,31,54H,4-9,11-12,14-15,17,20,23-24,26,30,32-53H2,1-3H3/b13-10-,19-16-,21-18-,25-22-,28-27-,31-29-. The van der Waals surface area contributed by atoms with Gasteiger partial charge in [-0.3, -0.25) is 14.4 Å². The molecule has 0 aliphatic carbocycles. The second-order valence-electron chi connectivity index (χ2n) is 17.6. The van der Waals surface area contributed by atoms with E-state index in [1.807, 2.05) is 24.3 Å². The van der Waals surface area contributed by atoms with Crippen molar-refractivity contribution >= 4 is 17.9 Å². The minimum absolute atomic E-state index is 0.0867. The molecule has 0 N–H and O–H groups in total. The van der Waals surface area contributed by atoms with Crippen molar-refractivity contribution in [2.75, 3.05) is 13.2 Å². The summed E-state index contributed by atoms with van der Waals surface area (Å²) >= 11 is 0. The Hall–Kier alpha value is -3.15. The molecule has 362 valence electrons. The SMILES string of the molecule is CCC\C=C/C=C\C=C/C=C\C=C/CCCCCCCC(=O)OCC(COC(=O)CCCCCCC/C=C\CCCCC)OC(=O)CCCCCCCCCCCCCCCCC. The van der Waals surface area contributed by atoms with Crippen molar-refractivity contribution in [1.82, 2.24) is 0 Å². The fraction of sp³-hybridized carbons (Fsp3) is 0.737. The summed E-state index contributed by atoms with van der Waals surface area (Å²) in [6.07, 6.45) is 64.5. The van der Waals surface area contributed by atoms with Crippen molar-refractivity contribution in [1.29, 1.82) is 0 Å². The second kappa shape index (κ2) is 51.5. The molecule has 0 spiro atoms. The van der Waals surface area contributed by atoms with Crippen LogP contribution in [0.1, 0.15) is 252 Å². The minimum Gasteiger partial charge on any atom is -0.462 e. The van der Waals surface area contributed by atoms with E-state index in [1.54, 1.807) is 0 Å². The number of carbonyl (C=O) groups excluding carboxylic acids is 3. The molecular weight excluding hydrogens is 781 g/mol. The van der Waals surface area contributed by atoms with Crippen LogP contribution in [0.15, 0.2) is 72.9 Å². The van der Waals surface area contributed by atoms with Crippen LogP contribution in [0.3, 0.4) is 0 Å². The summed E-state index contributed by atoms with van der Waals surface area (Å²) in [6, 6.07) is 0. The molecule has 63 heavy (non-hydrogen) atoms. The van der Waals surface area contributed by atoms with Gasteiger partial charge in [0.2, 0.25) is 0 Å². The molecule has 1 atom stereocenters. The van der Waals surface area contributed by atoms with Crippen LogP contribution >= 0.6 is 0 Å². The van der Waals surface area contributed by atoms with E-state index in [0.717, 1.165) is 89.9 Å². The first-order chi connectivity index (χ1) is 31.0. The lowest BCUT2D eigenvalue weighted by Crippen LogP contribution is -2.30. The second-order valence-corrected chi connectivity index (χ2v) is 17.6. The number of unbranched alkanes of at least 4 members (excludes halogenated alkanes) is 28. The molecular formula is C57H98O6. The van der Waals surface area contributed by atoms with Crippen molar-refractivity contribution in [3.63, 3.8) is 0 Å². The summed E-state index contributed by atoms with van der Waals surface area (Å²) in [6.45, 7) is 6.51. The molecule has 0 saturated carbocycles. The van der Waals surface area contributed by atoms with Crippen LogP contribution in [0.4, 0.5) is 0 Å². The van der Waals surface area contributed by atoms with Gasteiger partial charge < -0.3 is 14.2 Å². The Balaban J connectivity index is 4.43. The van der Waals surface area contributed by atoms with Gasteiger partial charge in [0.25, 0.3) is 0 Å². The molecule has 0 saturated heterocycles. The quantitative estimate of drug-likeness (QED) is 0.0199. The van der Waals surface area contributed by atoms with E-state index in [4.69, 9.17) is 14.2 Å². The molecule has 0 amide bonds. The predicted molar refractivity (Wildman–Crippen MR) is 270 cm³/mol. The zero-order valence-corrected chi connectivity index (χ0v) is 41.3. The zero-order valence-electron chi connectivity index (χ0n) is 41.3. The van der Waals surface area contributed by atoms with Crippen molar-refractivity contribution in [3.8, 4) is 0 Å². The van der Waals surface area contributed by atoms with Crippen LogP contribution in [0.5, 0.6) is 0 Å². The third kappa shape index (κ3) is 49.7. The van der Waals surface area contributed by atoms with E-state index in [-0.39, 0.29) is 31.1 Å². The zero-order chi connectivity index (χ0) is 45.8. The highest BCUT2D eigenvalue weighted by molar-refractivity contribution is 5.71. The minimum atomic E-state index is -0.787. The van der Waals surface area contributed by atoms with Crippen LogP contribution < -0.4 is 0 Å². The van der Waals surface area contributed by atoms with Gasteiger partial charge in [-0.15, -0.1) is 0 Å². The average Bonchev–Trinajstić information content (AvgIpc) is 3.28. The topological polar surface area (TPSA) is 78.9 Å². The molecule has 0 aromatic rings. The highest BCUT2D eigenvalue weighted by Gasteiger charge is 2.19. The third-order valence-electron chi connectivity index (χ3n) is 11.3. The number of allylic oxidation sites excluding steroid dienone is 12. The van der Waals surface area contributed by atoms with E-state index < -0.39 is 6.10 Å². The predicted octanol–water partition coefficient (Wildman–Crippen LogP) is 17.4. The summed E-state index contributed by atoms with van der Waals surface area (Å²) in [5.74, 6) is -0.915. The molecule has 0 rings (SSSR count). The molecule has 6 nitrogen and oxygen atoms in total. The van der Waals surface area contributed by atoms with Crippen molar-refractivity contribution in [3.05, 3.63) is 72.9 Å². The maximum absolute atomic E-state index is 12.8. The van der Waals surface area contributed by atoms with Gasteiger partial charge in [-0.2, -0.15) is 0 Å². The van der Waals surface area contributed by atoms with Crippen molar-refractivity contribution in [2.45, 2.75) is 258 Å². The lowest BCUT2D eigenvalue weighted by atomic mass is 10.0. The van der Waals surface area contributed by atoms with E-state index in [1.165, 1.54) is 122 Å². The van der Waals surface area contributed by atoms with Gasteiger partial charge in [0.05, 0.1) is 0 Å². The summed E-state index contributed by atoms with van der Waals surface area (Å²) in [7, 11) is 0. The Kier molecular flexibility index (Phi) is 48.9. The first kappa shape index (κ1) is 59.9. The molecule has 1 unspecified atom stereocenters. The number of esters is 3. The summed E-state index contributed by atoms with van der Waals surface area (Å²) in [4.78, 5) is 38.0. The van der Waals surface area contributed by atoms with Crippen LogP contribution in [-0.2, 0) is 28.6 Å². The van der Waals surface area contributed by atoms with E-state index in [0.29, 0.717) is 19.3 Å². The summed E-state index contributed by atoms with van der Waals surface area (Å²) < 4.78 is 16.8. The van der Waals surface area contributed by atoms with Gasteiger partial charge >= 0.3 is 17.9 Å². The molecule has 0 heterocycles. The molecule has 0 aromatic carbocycles. The van der Waals surface area contributed by atoms with Crippen LogP contribution in [-0.4, -0.2) is 37.2 Å².